The Morgan fingerprint density at radius 2 is 1.52 bits per heavy atom. The molecule has 0 radical (unpaired) electrons. The van der Waals surface area contributed by atoms with Crippen molar-refractivity contribution in [3.63, 3.8) is 0 Å². The molecular formula is C11H5F7N2O4S. The second-order valence-electron chi connectivity index (χ2n) is 3.89. The van der Waals surface area contributed by atoms with Crippen molar-refractivity contribution in [1.29, 1.82) is 0 Å². The van der Waals surface area contributed by atoms with E-state index in [4.69, 9.17) is 0 Å². The van der Waals surface area contributed by atoms with E-state index in [1.165, 1.54) is 0 Å². The Bertz CT molecular complexity index is 911. The highest BCUT2D eigenvalue weighted by atomic mass is 32.2. The van der Waals surface area contributed by atoms with Crippen LogP contribution in [0.25, 0.3) is 0 Å². The van der Waals surface area contributed by atoms with E-state index < -0.39 is 50.6 Å². The Morgan fingerprint density at radius 3 is 2.00 bits per heavy atom. The zero-order chi connectivity index (χ0) is 19.4. The molecule has 0 bridgehead atoms. The van der Waals surface area contributed by atoms with Crippen molar-refractivity contribution in [3.8, 4) is 5.88 Å². The number of aromatic nitrogens is 2. The lowest BCUT2D eigenvalue weighted by atomic mass is 10.5. The highest BCUT2D eigenvalue weighted by molar-refractivity contribution is 7.87. The summed E-state index contributed by atoms with van der Waals surface area (Å²) in [5.41, 5.74) is -6.78. The highest BCUT2D eigenvalue weighted by Crippen LogP contribution is 2.27. The van der Waals surface area contributed by atoms with Crippen LogP contribution in [-0.4, -0.2) is 23.9 Å². The number of H-pyrrole nitrogens is 1. The predicted octanol–water partition coefficient (Wildman–Crippen LogP) is 2.24. The van der Waals surface area contributed by atoms with E-state index in [-0.39, 0.29) is 0 Å². The van der Waals surface area contributed by atoms with Crippen LogP contribution in [0.4, 0.5) is 30.7 Å². The minimum Gasteiger partial charge on any atom is -0.352 e. The molecule has 6 nitrogen and oxygen atoms in total. The average Bonchev–Trinajstić information content (AvgIpc) is 2.46. The van der Waals surface area contributed by atoms with Crippen LogP contribution in [0.3, 0.4) is 0 Å². The minimum atomic E-state index is -6.06. The third kappa shape index (κ3) is 5.74. The number of pyridine rings is 2. The van der Waals surface area contributed by atoms with Crippen molar-refractivity contribution in [2.24, 2.45) is 0 Å². The first kappa shape index (κ1) is 20.4. The summed E-state index contributed by atoms with van der Waals surface area (Å²) in [6, 6.07) is 2.48. The molecular weight excluding hydrogens is 389 g/mol. The van der Waals surface area contributed by atoms with Crippen molar-refractivity contribution in [2.75, 3.05) is 0 Å². The molecule has 138 valence electrons. The van der Waals surface area contributed by atoms with E-state index in [1.54, 1.807) is 4.98 Å². The van der Waals surface area contributed by atoms with E-state index in [9.17, 15) is 43.9 Å². The zero-order valence-corrected chi connectivity index (χ0v) is 12.3. The van der Waals surface area contributed by atoms with Gasteiger partial charge in [-0.05, 0) is 24.3 Å². The molecule has 1 N–H and O–H groups in total. The molecule has 2 heterocycles. The summed E-state index contributed by atoms with van der Waals surface area (Å²) in [6.07, 6.45) is 0. The molecule has 0 fully saturated rings. The van der Waals surface area contributed by atoms with E-state index in [2.05, 4.69) is 9.17 Å². The topological polar surface area (TPSA) is 89.1 Å². The summed E-state index contributed by atoms with van der Waals surface area (Å²) in [5, 5.41) is 0. The van der Waals surface area contributed by atoms with E-state index in [0.29, 0.717) is 12.1 Å². The van der Waals surface area contributed by atoms with Gasteiger partial charge < -0.3 is 4.18 Å². The summed E-state index contributed by atoms with van der Waals surface area (Å²) < 4.78 is 109. The van der Waals surface area contributed by atoms with Gasteiger partial charge in [-0.15, -0.1) is 0 Å². The first-order chi connectivity index (χ1) is 11.3. The Hall–Kier alpha value is -2.64. The summed E-state index contributed by atoms with van der Waals surface area (Å²) in [6.45, 7) is 0. The fourth-order valence-corrected chi connectivity index (χ4v) is 1.46. The molecule has 0 aliphatic carbocycles. The minimum absolute atomic E-state index is 0.379. The van der Waals surface area contributed by atoms with Gasteiger partial charge in [0, 0.05) is 0 Å². The smallest absolute Gasteiger partial charge is 0.352 e. The van der Waals surface area contributed by atoms with Crippen molar-refractivity contribution < 1.29 is 43.3 Å². The predicted molar refractivity (Wildman–Crippen MR) is 66.7 cm³/mol. The fourth-order valence-electron chi connectivity index (χ4n) is 1.04. The summed E-state index contributed by atoms with van der Waals surface area (Å²) >= 11 is 0. The molecule has 0 atom stereocenters. The van der Waals surface area contributed by atoms with Gasteiger partial charge in [0.05, 0.1) is 0 Å². The second-order valence-corrected chi connectivity index (χ2v) is 5.43. The van der Waals surface area contributed by atoms with Crippen molar-refractivity contribution in [3.05, 3.63) is 58.1 Å². The maximum atomic E-state index is 12.7. The van der Waals surface area contributed by atoms with Gasteiger partial charge in [-0.2, -0.15) is 35.4 Å². The van der Waals surface area contributed by atoms with Gasteiger partial charge in [-0.1, -0.05) is 0 Å². The van der Waals surface area contributed by atoms with Crippen LogP contribution in [0.15, 0.2) is 29.1 Å². The Morgan fingerprint density at radius 1 is 0.960 bits per heavy atom. The lowest BCUT2D eigenvalue weighted by Crippen LogP contribution is -2.28. The normalized spacial score (nSPS) is 11.5. The first-order valence-corrected chi connectivity index (χ1v) is 7.11. The number of rotatable bonds is 2. The van der Waals surface area contributed by atoms with Crippen LogP contribution in [0.1, 0.15) is 0 Å². The van der Waals surface area contributed by atoms with Crippen molar-refractivity contribution in [2.45, 2.75) is 5.51 Å². The van der Waals surface area contributed by atoms with Crippen LogP contribution in [0.2, 0.25) is 0 Å². The molecule has 2 aromatic rings. The highest BCUT2D eigenvalue weighted by Gasteiger charge is 2.49. The standard InChI is InChI=1S/C6H2F5NO3S.C5H3F2NO/c7-3-1-2-4(8)12-5(3)15-16(13,14)6(9,10)11;6-3-1-2-4(7)8-5(3)9/h1-2H;1-2H,(H,8,9). The van der Waals surface area contributed by atoms with Crippen molar-refractivity contribution in [1.82, 2.24) is 9.97 Å². The monoisotopic (exact) mass is 394 g/mol. The number of aromatic amines is 1. The lowest BCUT2D eigenvalue weighted by molar-refractivity contribution is -0.0502. The van der Waals surface area contributed by atoms with Crippen LogP contribution >= 0.6 is 0 Å². The molecule has 2 rings (SSSR count). The molecule has 0 unspecified atom stereocenters. The van der Waals surface area contributed by atoms with E-state index >= 15 is 0 Å². The van der Waals surface area contributed by atoms with E-state index in [1.807, 2.05) is 0 Å². The van der Waals surface area contributed by atoms with Crippen LogP contribution in [-0.2, 0) is 10.1 Å². The molecule has 14 heteroatoms. The zero-order valence-electron chi connectivity index (χ0n) is 11.4. The van der Waals surface area contributed by atoms with Crippen LogP contribution in [0.5, 0.6) is 5.88 Å². The molecule has 0 amide bonds. The van der Waals surface area contributed by atoms with Gasteiger partial charge in [-0.3, -0.25) is 9.78 Å². The second kappa shape index (κ2) is 7.50. The van der Waals surface area contributed by atoms with Crippen molar-refractivity contribution >= 4 is 10.1 Å². The molecule has 0 aliphatic heterocycles. The molecule has 25 heavy (non-hydrogen) atoms. The largest absolute Gasteiger partial charge is 0.534 e. The van der Waals surface area contributed by atoms with E-state index in [0.717, 1.165) is 12.1 Å². The Labute approximate surface area is 134 Å². The third-order valence-corrected chi connectivity index (χ3v) is 3.02. The Kier molecular flexibility index (Phi) is 6.12. The van der Waals surface area contributed by atoms with Crippen LogP contribution in [0, 0.1) is 23.5 Å². The molecule has 0 aliphatic rings. The number of hydrogen-bond donors (Lipinski definition) is 1. The fraction of sp³-hybridized carbons (Fsp3) is 0.0909. The number of nitrogens with zero attached hydrogens (tertiary/aromatic N) is 1. The maximum absolute atomic E-state index is 12.7. The number of nitrogens with one attached hydrogen (secondary N) is 1. The summed E-state index contributed by atoms with van der Waals surface area (Å²) in [5.74, 6) is -6.32. The van der Waals surface area contributed by atoms with Gasteiger partial charge in [-0.25, -0.2) is 8.78 Å². The quantitative estimate of drug-likeness (QED) is 0.365. The molecule has 0 spiro atoms. The van der Waals surface area contributed by atoms with Gasteiger partial charge in [0.15, 0.2) is 17.6 Å². The lowest BCUT2D eigenvalue weighted by Gasteiger charge is -2.08. The number of hydrogen-bond acceptors (Lipinski definition) is 5. The first-order valence-electron chi connectivity index (χ1n) is 5.70. The SMILES string of the molecule is O=S(=O)(Oc1nc(F)ccc1F)C(F)(F)F.O=c1[nH]c(F)ccc1F. The summed E-state index contributed by atoms with van der Waals surface area (Å²) in [4.78, 5) is 14.3. The summed E-state index contributed by atoms with van der Waals surface area (Å²) in [7, 11) is -6.06. The molecule has 0 saturated heterocycles. The average molecular weight is 394 g/mol. The van der Waals surface area contributed by atoms with Gasteiger partial charge in [0.2, 0.25) is 5.95 Å². The molecule has 0 saturated carbocycles. The van der Waals surface area contributed by atoms with Crippen LogP contribution < -0.4 is 9.74 Å². The Balaban J connectivity index is 0.000000293. The molecule has 2 aromatic heterocycles. The van der Waals surface area contributed by atoms with Gasteiger partial charge in [0.1, 0.15) is 0 Å². The number of alkyl halides is 3. The molecule has 0 aromatic carbocycles. The number of halogens is 7. The van der Waals surface area contributed by atoms with Gasteiger partial charge in [0.25, 0.3) is 11.4 Å². The van der Waals surface area contributed by atoms with Gasteiger partial charge >= 0.3 is 15.6 Å². The maximum Gasteiger partial charge on any atom is 0.534 e. The third-order valence-electron chi connectivity index (χ3n) is 2.08.